The maximum absolute atomic E-state index is 11.3. The zero-order chi connectivity index (χ0) is 12.3. The number of aromatic carboxylic acids is 1. The van der Waals surface area contributed by atoms with Crippen molar-refractivity contribution in [3.63, 3.8) is 0 Å². The van der Waals surface area contributed by atoms with Gasteiger partial charge in [0.25, 0.3) is 5.56 Å². The lowest BCUT2D eigenvalue weighted by molar-refractivity contribution is -0.269. The molecule has 0 fully saturated rings. The van der Waals surface area contributed by atoms with Crippen LogP contribution < -0.4 is 10.7 Å². The molecule has 0 aliphatic carbocycles. The van der Waals surface area contributed by atoms with Crippen LogP contribution >= 0.6 is 0 Å². The van der Waals surface area contributed by atoms with Crippen LogP contribution in [0.5, 0.6) is 5.75 Å². The van der Waals surface area contributed by atoms with Crippen molar-refractivity contribution in [3.8, 4) is 5.75 Å². The van der Waals surface area contributed by atoms with E-state index in [9.17, 15) is 19.5 Å². The average molecular weight is 226 g/mol. The number of hydrogen-bond acceptors (Lipinski definition) is 4. The van der Waals surface area contributed by atoms with Crippen molar-refractivity contribution < 1.29 is 24.9 Å². The molecule has 0 bridgehead atoms. The van der Waals surface area contributed by atoms with Crippen molar-refractivity contribution in [3.05, 3.63) is 27.7 Å². The molecule has 0 unspecified atom stereocenters. The Kier molecular flexibility index (Phi) is 3.29. The van der Waals surface area contributed by atoms with Gasteiger partial charge < -0.3 is 20.3 Å². The van der Waals surface area contributed by atoms with Crippen LogP contribution in [0.25, 0.3) is 0 Å². The number of aromatic amines is 1. The van der Waals surface area contributed by atoms with Crippen molar-refractivity contribution in [2.45, 2.75) is 12.8 Å². The lowest BCUT2D eigenvalue weighted by Gasteiger charge is -2.11. The zero-order valence-electron chi connectivity index (χ0n) is 8.02. The number of hydrogen-bond donors (Lipinski definition) is 3. The smallest absolute Gasteiger partial charge is 0.352 e. The fraction of sp³-hybridized carbons (Fsp3) is 0.222. The van der Waals surface area contributed by atoms with Crippen molar-refractivity contribution in [2.75, 3.05) is 0 Å². The molecule has 0 spiro atoms. The van der Waals surface area contributed by atoms with Crippen LogP contribution in [0, 0.1) is 0 Å². The van der Waals surface area contributed by atoms with E-state index in [-0.39, 0.29) is 18.4 Å². The fourth-order valence-electron chi connectivity index (χ4n) is 1.15. The van der Waals surface area contributed by atoms with Crippen LogP contribution in [-0.4, -0.2) is 27.1 Å². The molecule has 0 aliphatic rings. The van der Waals surface area contributed by atoms with Crippen molar-refractivity contribution >= 4 is 11.9 Å². The number of nitrogens with one attached hydrogen (secondary N) is 1. The number of pyridine rings is 1. The number of H-pyrrole nitrogens is 1. The van der Waals surface area contributed by atoms with Gasteiger partial charge in [-0.2, -0.15) is 0 Å². The summed E-state index contributed by atoms with van der Waals surface area (Å²) >= 11 is 0. The maximum atomic E-state index is 11.3. The number of aliphatic carboxylic acids is 1. The van der Waals surface area contributed by atoms with Crippen molar-refractivity contribution in [1.29, 1.82) is 0 Å². The molecular weight excluding hydrogens is 218 g/mol. The van der Waals surface area contributed by atoms with Gasteiger partial charge >= 0.3 is 11.9 Å². The molecule has 1 aromatic heterocycles. The molecule has 86 valence electrons. The lowest BCUT2D eigenvalue weighted by Crippen LogP contribution is -2.20. The van der Waals surface area contributed by atoms with Crippen molar-refractivity contribution in [2.24, 2.45) is 0 Å². The van der Waals surface area contributed by atoms with E-state index in [0.717, 1.165) is 6.07 Å². The quantitative estimate of drug-likeness (QED) is 0.613. The van der Waals surface area contributed by atoms with Gasteiger partial charge in [0.15, 0.2) is 0 Å². The van der Waals surface area contributed by atoms with Gasteiger partial charge in [0.1, 0.15) is 5.69 Å². The van der Waals surface area contributed by atoms with E-state index in [1.807, 2.05) is 4.98 Å². The molecular formula is C9H8NO6-. The first-order valence-corrected chi connectivity index (χ1v) is 4.30. The molecule has 0 radical (unpaired) electrons. The Balaban J connectivity index is 3.08. The molecule has 3 N–H and O–H groups in total. The molecule has 16 heavy (non-hydrogen) atoms. The predicted molar refractivity (Wildman–Crippen MR) is 49.4 cm³/mol. The molecule has 0 aromatic carbocycles. The molecule has 0 aliphatic heterocycles. The lowest BCUT2D eigenvalue weighted by atomic mass is 10.1. The Bertz CT molecular complexity index is 489. The fourth-order valence-corrected chi connectivity index (χ4v) is 1.15. The third-order valence-corrected chi connectivity index (χ3v) is 1.91. The predicted octanol–water partition coefficient (Wildman–Crippen LogP) is -0.836. The van der Waals surface area contributed by atoms with Crippen LogP contribution in [0.1, 0.15) is 22.5 Å². The van der Waals surface area contributed by atoms with Gasteiger partial charge in [-0.25, -0.2) is 4.79 Å². The molecule has 7 nitrogen and oxygen atoms in total. The van der Waals surface area contributed by atoms with Crippen LogP contribution in [0.2, 0.25) is 0 Å². The van der Waals surface area contributed by atoms with Gasteiger partial charge in [-0.1, -0.05) is 5.75 Å². The molecule has 0 atom stereocenters. The monoisotopic (exact) mass is 226 g/mol. The van der Waals surface area contributed by atoms with Gasteiger partial charge in [-0.05, 0) is 12.5 Å². The van der Waals surface area contributed by atoms with Gasteiger partial charge in [0.05, 0.1) is 0 Å². The first-order valence-electron chi connectivity index (χ1n) is 4.30. The van der Waals surface area contributed by atoms with Crippen LogP contribution in [0.4, 0.5) is 0 Å². The minimum absolute atomic E-state index is 0.219. The van der Waals surface area contributed by atoms with Crippen LogP contribution in [0.3, 0.4) is 0 Å². The van der Waals surface area contributed by atoms with Crippen LogP contribution in [-0.2, 0) is 11.2 Å². The normalized spacial score (nSPS) is 10.0. The summed E-state index contributed by atoms with van der Waals surface area (Å²) in [5, 5.41) is 28.2. The third-order valence-electron chi connectivity index (χ3n) is 1.91. The summed E-state index contributed by atoms with van der Waals surface area (Å²) in [4.78, 5) is 34.0. The van der Waals surface area contributed by atoms with E-state index >= 15 is 0 Å². The summed E-state index contributed by atoms with van der Waals surface area (Å²) in [6, 6.07) is 0.765. The minimum atomic E-state index is -1.42. The number of carboxylic acid groups (broad SMARTS) is 2. The van der Waals surface area contributed by atoms with Crippen molar-refractivity contribution in [1.82, 2.24) is 4.98 Å². The second kappa shape index (κ2) is 4.47. The molecule has 0 amide bonds. The average Bonchev–Trinajstić information content (AvgIpc) is 2.15. The van der Waals surface area contributed by atoms with Gasteiger partial charge in [-0.15, -0.1) is 0 Å². The summed E-state index contributed by atoms with van der Waals surface area (Å²) in [7, 11) is 0. The Morgan fingerprint density at radius 1 is 1.38 bits per heavy atom. The van der Waals surface area contributed by atoms with E-state index in [4.69, 9.17) is 10.2 Å². The number of carbonyl (C=O) groups is 2. The molecule has 1 aromatic rings. The summed E-state index contributed by atoms with van der Waals surface area (Å²) in [5.74, 6) is -3.32. The summed E-state index contributed by atoms with van der Waals surface area (Å²) < 4.78 is 0. The topological polar surface area (TPSA) is 131 Å². The second-order valence-corrected chi connectivity index (χ2v) is 3.05. The second-order valence-electron chi connectivity index (χ2n) is 3.05. The summed E-state index contributed by atoms with van der Waals surface area (Å²) in [6.07, 6.45) is -0.575. The first-order chi connectivity index (χ1) is 7.41. The van der Waals surface area contributed by atoms with E-state index in [1.54, 1.807) is 0 Å². The first kappa shape index (κ1) is 11.8. The highest BCUT2D eigenvalue weighted by atomic mass is 16.4. The number of aromatic nitrogens is 1. The number of carboxylic acids is 2. The Morgan fingerprint density at radius 3 is 2.44 bits per heavy atom. The third kappa shape index (κ3) is 2.59. The Morgan fingerprint density at radius 2 is 2.00 bits per heavy atom. The summed E-state index contributed by atoms with van der Waals surface area (Å²) in [6.45, 7) is 0. The minimum Gasteiger partial charge on any atom is -0.872 e. The zero-order valence-corrected chi connectivity index (χ0v) is 8.02. The maximum Gasteiger partial charge on any atom is 0.352 e. The highest BCUT2D eigenvalue weighted by Gasteiger charge is 2.09. The van der Waals surface area contributed by atoms with Gasteiger partial charge in [0.2, 0.25) is 0 Å². The summed E-state index contributed by atoms with van der Waals surface area (Å²) in [5.41, 5.74) is -1.60. The van der Waals surface area contributed by atoms with E-state index in [1.165, 1.54) is 0 Å². The van der Waals surface area contributed by atoms with E-state index < -0.39 is 28.9 Å². The molecule has 0 saturated heterocycles. The van der Waals surface area contributed by atoms with Gasteiger partial charge in [-0.3, -0.25) is 9.59 Å². The molecule has 1 heterocycles. The van der Waals surface area contributed by atoms with Crippen LogP contribution in [0.15, 0.2) is 10.9 Å². The Labute approximate surface area is 89.0 Å². The van der Waals surface area contributed by atoms with Gasteiger partial charge in [0, 0.05) is 12.0 Å². The largest absolute Gasteiger partial charge is 0.872 e. The number of rotatable bonds is 4. The van der Waals surface area contributed by atoms with E-state index in [0.29, 0.717) is 0 Å². The van der Waals surface area contributed by atoms with E-state index in [2.05, 4.69) is 0 Å². The Hall–Kier alpha value is -2.31. The molecule has 1 rings (SSSR count). The SMILES string of the molecule is O=C(O)CCc1c([O-])cc(C(=O)O)[nH]c1=O. The highest BCUT2D eigenvalue weighted by Crippen LogP contribution is 2.11. The highest BCUT2D eigenvalue weighted by molar-refractivity contribution is 5.85. The molecule has 7 heteroatoms. The standard InChI is InChI=1S/C9H9NO6/c11-6-3-5(9(15)16)10-8(14)4(6)1-2-7(12)13/h3H,1-2H2,(H,12,13)(H,15,16)(H2,10,11,14)/p-1. The molecule has 0 saturated carbocycles.